The highest BCUT2D eigenvalue weighted by molar-refractivity contribution is 7.92. The van der Waals surface area contributed by atoms with Gasteiger partial charge in [-0.2, -0.15) is 0 Å². The fourth-order valence-electron chi connectivity index (χ4n) is 3.07. The number of nitrogens with one attached hydrogen (secondary N) is 1. The second-order valence-electron chi connectivity index (χ2n) is 6.47. The van der Waals surface area contributed by atoms with Gasteiger partial charge in [-0.3, -0.25) is 9.10 Å². The van der Waals surface area contributed by atoms with Crippen LogP contribution in [0.5, 0.6) is 0 Å². The number of nitrogens with zero attached hydrogens (tertiary/aromatic N) is 1. The molecule has 8 heteroatoms. The van der Waals surface area contributed by atoms with Crippen LogP contribution < -0.4 is 9.62 Å². The second kappa shape index (κ2) is 9.10. The quantitative estimate of drug-likeness (QED) is 0.803. The van der Waals surface area contributed by atoms with Crippen LogP contribution in [0.3, 0.4) is 0 Å². The first-order chi connectivity index (χ1) is 11.8. The summed E-state index contributed by atoms with van der Waals surface area (Å²) in [6.45, 7) is -0.295. The molecule has 0 atom stereocenters. The molecular formula is C17H24Cl2N2O3S. The van der Waals surface area contributed by atoms with Crippen molar-refractivity contribution < 1.29 is 13.2 Å². The number of halogens is 2. The van der Waals surface area contributed by atoms with Crippen LogP contribution in [0.15, 0.2) is 18.2 Å². The maximum absolute atomic E-state index is 12.4. The first-order valence-electron chi connectivity index (χ1n) is 8.49. The Morgan fingerprint density at radius 2 is 1.76 bits per heavy atom. The lowest BCUT2D eigenvalue weighted by atomic mass is 9.97. The van der Waals surface area contributed by atoms with Crippen LogP contribution in [0.25, 0.3) is 0 Å². The third-order valence-corrected chi connectivity index (χ3v) is 6.00. The molecule has 140 valence electrons. The molecule has 0 heterocycles. The topological polar surface area (TPSA) is 66.5 Å². The van der Waals surface area contributed by atoms with E-state index in [2.05, 4.69) is 5.32 Å². The fraction of sp³-hybridized carbons (Fsp3) is 0.588. The number of rotatable bonds is 5. The van der Waals surface area contributed by atoms with Gasteiger partial charge in [0.25, 0.3) is 0 Å². The van der Waals surface area contributed by atoms with Gasteiger partial charge in [0.05, 0.1) is 17.0 Å². The van der Waals surface area contributed by atoms with Crippen LogP contribution in [0.2, 0.25) is 10.0 Å². The van der Waals surface area contributed by atoms with Crippen molar-refractivity contribution in [1.82, 2.24) is 5.32 Å². The molecule has 1 aromatic carbocycles. The first-order valence-corrected chi connectivity index (χ1v) is 11.1. The lowest BCUT2D eigenvalue weighted by molar-refractivity contribution is -0.120. The number of hydrogen-bond acceptors (Lipinski definition) is 3. The smallest absolute Gasteiger partial charge is 0.240 e. The van der Waals surface area contributed by atoms with E-state index in [1.807, 2.05) is 0 Å². The number of carbonyl (C=O) groups is 1. The summed E-state index contributed by atoms with van der Waals surface area (Å²) in [5, 5.41) is 3.57. The zero-order valence-electron chi connectivity index (χ0n) is 14.3. The minimum atomic E-state index is -3.66. The van der Waals surface area contributed by atoms with Gasteiger partial charge in [-0.15, -0.1) is 0 Å². The van der Waals surface area contributed by atoms with Crippen molar-refractivity contribution >= 4 is 44.8 Å². The number of carbonyl (C=O) groups excluding carboxylic acids is 1. The van der Waals surface area contributed by atoms with Crippen molar-refractivity contribution in [3.05, 3.63) is 28.2 Å². The summed E-state index contributed by atoms with van der Waals surface area (Å²) in [5.74, 6) is -0.318. The van der Waals surface area contributed by atoms with E-state index in [-0.39, 0.29) is 29.2 Å². The van der Waals surface area contributed by atoms with Crippen molar-refractivity contribution in [3.63, 3.8) is 0 Å². The van der Waals surface area contributed by atoms with Crippen molar-refractivity contribution in [2.75, 3.05) is 17.1 Å². The van der Waals surface area contributed by atoms with Gasteiger partial charge in [0.15, 0.2) is 0 Å². The van der Waals surface area contributed by atoms with Gasteiger partial charge in [-0.1, -0.05) is 55.3 Å². The predicted octanol–water partition coefficient (Wildman–Crippen LogP) is 3.99. The average Bonchev–Trinajstić information content (AvgIpc) is 2.47. The van der Waals surface area contributed by atoms with Gasteiger partial charge < -0.3 is 5.32 Å². The average molecular weight is 407 g/mol. The van der Waals surface area contributed by atoms with E-state index in [1.54, 1.807) is 6.07 Å². The maximum Gasteiger partial charge on any atom is 0.240 e. The SMILES string of the molecule is CS(=O)(=O)N(CC(=O)NC1CCCCCCC1)c1ccc(Cl)cc1Cl. The highest BCUT2D eigenvalue weighted by Gasteiger charge is 2.24. The van der Waals surface area contributed by atoms with Crippen LogP contribution in [-0.2, 0) is 14.8 Å². The van der Waals surface area contributed by atoms with E-state index < -0.39 is 10.0 Å². The van der Waals surface area contributed by atoms with Crippen LogP contribution in [-0.4, -0.2) is 33.2 Å². The summed E-state index contributed by atoms with van der Waals surface area (Å²) in [6.07, 6.45) is 8.72. The van der Waals surface area contributed by atoms with Gasteiger partial charge in [0, 0.05) is 11.1 Å². The molecule has 0 aromatic heterocycles. The van der Waals surface area contributed by atoms with Crippen molar-refractivity contribution in [2.24, 2.45) is 0 Å². The van der Waals surface area contributed by atoms with E-state index in [0.29, 0.717) is 5.02 Å². The summed E-state index contributed by atoms with van der Waals surface area (Å²) in [4.78, 5) is 12.4. The Hall–Kier alpha value is -0.980. The summed E-state index contributed by atoms with van der Waals surface area (Å²) >= 11 is 12.0. The summed E-state index contributed by atoms with van der Waals surface area (Å²) in [6, 6.07) is 4.63. The molecule has 0 spiro atoms. The van der Waals surface area contributed by atoms with Gasteiger partial charge in [0.2, 0.25) is 15.9 Å². The zero-order valence-corrected chi connectivity index (χ0v) is 16.6. The molecule has 0 bridgehead atoms. The van der Waals surface area contributed by atoms with Crippen LogP contribution in [0, 0.1) is 0 Å². The normalized spacial score (nSPS) is 16.8. The predicted molar refractivity (Wildman–Crippen MR) is 103 cm³/mol. The molecule has 0 radical (unpaired) electrons. The largest absolute Gasteiger partial charge is 0.352 e. The Morgan fingerprint density at radius 3 is 2.32 bits per heavy atom. The molecule has 1 N–H and O–H groups in total. The number of hydrogen-bond donors (Lipinski definition) is 1. The minimum Gasteiger partial charge on any atom is -0.352 e. The van der Waals surface area contributed by atoms with E-state index in [1.165, 1.54) is 31.4 Å². The Morgan fingerprint density at radius 1 is 1.16 bits per heavy atom. The van der Waals surface area contributed by atoms with E-state index in [4.69, 9.17) is 23.2 Å². The number of amides is 1. The number of anilines is 1. The molecule has 1 aliphatic carbocycles. The lowest BCUT2D eigenvalue weighted by Gasteiger charge is -2.25. The molecule has 1 saturated carbocycles. The van der Waals surface area contributed by atoms with Crippen LogP contribution >= 0.6 is 23.2 Å². The Bertz CT molecular complexity index is 702. The fourth-order valence-corrected chi connectivity index (χ4v) is 4.50. The molecule has 0 unspecified atom stereocenters. The molecule has 1 aliphatic rings. The molecule has 1 aromatic rings. The standard InChI is InChI=1S/C17H24Cl2N2O3S/c1-25(23,24)21(16-10-9-13(18)11-15(16)19)12-17(22)20-14-7-5-3-2-4-6-8-14/h9-11,14H,2-8,12H2,1H3,(H,20,22). The lowest BCUT2D eigenvalue weighted by Crippen LogP contribution is -2.44. The van der Waals surface area contributed by atoms with Gasteiger partial charge in [-0.25, -0.2) is 8.42 Å². The molecule has 1 amide bonds. The maximum atomic E-state index is 12.4. The highest BCUT2D eigenvalue weighted by Crippen LogP contribution is 2.30. The Balaban J connectivity index is 2.10. The summed E-state index contributed by atoms with van der Waals surface area (Å²) in [5.41, 5.74) is 0.251. The molecule has 1 fully saturated rings. The number of sulfonamides is 1. The van der Waals surface area contributed by atoms with E-state index in [9.17, 15) is 13.2 Å². The van der Waals surface area contributed by atoms with Gasteiger partial charge in [-0.05, 0) is 31.0 Å². The first kappa shape index (κ1) is 20.3. The van der Waals surface area contributed by atoms with Crippen molar-refractivity contribution in [3.8, 4) is 0 Å². The Kier molecular flexibility index (Phi) is 7.40. The molecule has 0 aliphatic heterocycles. The highest BCUT2D eigenvalue weighted by atomic mass is 35.5. The third kappa shape index (κ3) is 6.35. The van der Waals surface area contributed by atoms with Gasteiger partial charge >= 0.3 is 0 Å². The van der Waals surface area contributed by atoms with E-state index in [0.717, 1.165) is 36.2 Å². The molecule has 0 saturated heterocycles. The summed E-state index contributed by atoms with van der Waals surface area (Å²) < 4.78 is 25.3. The third-order valence-electron chi connectivity index (χ3n) is 4.34. The summed E-state index contributed by atoms with van der Waals surface area (Å²) in [7, 11) is -3.66. The zero-order chi connectivity index (χ0) is 18.4. The van der Waals surface area contributed by atoms with Crippen molar-refractivity contribution in [1.29, 1.82) is 0 Å². The van der Waals surface area contributed by atoms with Crippen LogP contribution in [0.4, 0.5) is 5.69 Å². The van der Waals surface area contributed by atoms with Gasteiger partial charge in [0.1, 0.15) is 6.54 Å². The molecule has 2 rings (SSSR count). The van der Waals surface area contributed by atoms with E-state index >= 15 is 0 Å². The number of benzene rings is 1. The molecule has 25 heavy (non-hydrogen) atoms. The monoisotopic (exact) mass is 406 g/mol. The Labute approximate surface area is 159 Å². The minimum absolute atomic E-state index is 0.106. The molecular weight excluding hydrogens is 383 g/mol. The second-order valence-corrected chi connectivity index (χ2v) is 9.23. The molecule has 5 nitrogen and oxygen atoms in total. The van der Waals surface area contributed by atoms with Crippen LogP contribution in [0.1, 0.15) is 44.9 Å². The van der Waals surface area contributed by atoms with Crippen molar-refractivity contribution in [2.45, 2.75) is 51.0 Å².